The van der Waals surface area contributed by atoms with E-state index in [9.17, 15) is 4.79 Å². The van der Waals surface area contributed by atoms with Gasteiger partial charge in [-0.2, -0.15) is 0 Å². The predicted molar refractivity (Wildman–Crippen MR) is 92.0 cm³/mol. The summed E-state index contributed by atoms with van der Waals surface area (Å²) in [7, 11) is 0. The average Bonchev–Trinajstić information content (AvgIpc) is 2.62. The first-order chi connectivity index (χ1) is 11.7. The molecule has 1 N–H and O–H groups in total. The van der Waals surface area contributed by atoms with Crippen LogP contribution >= 0.6 is 0 Å². The Morgan fingerprint density at radius 3 is 2.67 bits per heavy atom. The number of azide groups is 1. The lowest BCUT2D eigenvalue weighted by atomic mass is 10.1. The Morgan fingerprint density at radius 2 is 2.08 bits per heavy atom. The molecule has 130 valence electrons. The highest BCUT2D eigenvalue weighted by Gasteiger charge is 2.29. The highest BCUT2D eigenvalue weighted by molar-refractivity contribution is 5.82. The maximum Gasteiger partial charge on any atom is 0.241 e. The minimum absolute atomic E-state index is 0.133. The Bertz CT molecular complexity index is 578. The van der Waals surface area contributed by atoms with Crippen LogP contribution in [-0.2, 0) is 4.79 Å². The van der Waals surface area contributed by atoms with Gasteiger partial charge in [-0.15, -0.1) is 0 Å². The molecule has 1 atom stereocenters. The van der Waals surface area contributed by atoms with Crippen LogP contribution in [0.4, 0.5) is 11.6 Å². The standard InChI is InChI=1S/C15H24N8O/c1-3-6-22(7-4-2)14(24)13-11-23(8-5-17-13)15-18-9-12(10-19-15)20-21-16/h9-10,13,17H,3-8,11H2,1-2H3/t13-/m1/s1. The lowest BCUT2D eigenvalue weighted by Gasteiger charge is -2.35. The number of aromatic nitrogens is 2. The SMILES string of the molecule is CCCN(CCC)C(=O)[C@H]1CN(c2ncc(N=[N+]=[N-])cn2)CCN1. The zero-order valence-corrected chi connectivity index (χ0v) is 14.2. The Labute approximate surface area is 141 Å². The van der Waals surface area contributed by atoms with Gasteiger partial charge >= 0.3 is 0 Å². The summed E-state index contributed by atoms with van der Waals surface area (Å²) in [6.07, 6.45) is 4.88. The molecule has 1 amide bonds. The Balaban J connectivity index is 2.04. The quantitative estimate of drug-likeness (QED) is 0.465. The molecule has 0 radical (unpaired) electrons. The molecule has 2 rings (SSSR count). The fourth-order valence-electron chi connectivity index (χ4n) is 2.77. The van der Waals surface area contributed by atoms with E-state index in [1.165, 1.54) is 12.4 Å². The number of rotatable bonds is 7. The highest BCUT2D eigenvalue weighted by atomic mass is 16.2. The number of hydrogen-bond donors (Lipinski definition) is 1. The minimum atomic E-state index is -0.253. The van der Waals surface area contributed by atoms with Crippen molar-refractivity contribution in [3.63, 3.8) is 0 Å². The number of hydrogen-bond acceptors (Lipinski definition) is 6. The van der Waals surface area contributed by atoms with E-state index in [1.54, 1.807) is 0 Å². The molecule has 9 heteroatoms. The smallest absolute Gasteiger partial charge is 0.241 e. The van der Waals surface area contributed by atoms with Crippen LogP contribution in [0.5, 0.6) is 0 Å². The van der Waals surface area contributed by atoms with Crippen molar-refractivity contribution in [1.29, 1.82) is 0 Å². The van der Waals surface area contributed by atoms with E-state index in [0.717, 1.165) is 32.5 Å². The summed E-state index contributed by atoms with van der Waals surface area (Å²) < 4.78 is 0. The second-order valence-electron chi connectivity index (χ2n) is 5.71. The molecule has 0 spiro atoms. The van der Waals surface area contributed by atoms with Crippen molar-refractivity contribution < 1.29 is 4.79 Å². The summed E-state index contributed by atoms with van der Waals surface area (Å²) in [6, 6.07) is -0.253. The monoisotopic (exact) mass is 332 g/mol. The van der Waals surface area contributed by atoms with E-state index in [2.05, 4.69) is 39.2 Å². The van der Waals surface area contributed by atoms with Crippen LogP contribution in [0, 0.1) is 0 Å². The van der Waals surface area contributed by atoms with Gasteiger partial charge in [-0.05, 0) is 18.4 Å². The fraction of sp³-hybridized carbons (Fsp3) is 0.667. The second-order valence-corrected chi connectivity index (χ2v) is 5.71. The number of amides is 1. The zero-order valence-electron chi connectivity index (χ0n) is 14.2. The number of carbonyl (C=O) groups is 1. The minimum Gasteiger partial charge on any atom is -0.341 e. The van der Waals surface area contributed by atoms with E-state index in [0.29, 0.717) is 24.7 Å². The normalized spacial score (nSPS) is 17.2. The number of carbonyl (C=O) groups excluding carboxylic acids is 1. The lowest BCUT2D eigenvalue weighted by Crippen LogP contribution is -2.58. The van der Waals surface area contributed by atoms with Gasteiger partial charge in [-0.3, -0.25) is 4.79 Å². The summed E-state index contributed by atoms with van der Waals surface area (Å²) in [5.41, 5.74) is 8.79. The van der Waals surface area contributed by atoms with Crippen molar-refractivity contribution in [2.45, 2.75) is 32.7 Å². The first kappa shape index (κ1) is 18.0. The van der Waals surface area contributed by atoms with Gasteiger partial charge in [0.2, 0.25) is 11.9 Å². The fourth-order valence-corrected chi connectivity index (χ4v) is 2.77. The summed E-state index contributed by atoms with van der Waals surface area (Å²) >= 11 is 0. The van der Waals surface area contributed by atoms with E-state index in [-0.39, 0.29) is 11.9 Å². The van der Waals surface area contributed by atoms with Crippen LogP contribution in [0.25, 0.3) is 10.4 Å². The van der Waals surface area contributed by atoms with Crippen molar-refractivity contribution in [2.75, 3.05) is 37.6 Å². The molecule has 1 aliphatic rings. The van der Waals surface area contributed by atoms with Gasteiger partial charge in [0.05, 0.1) is 5.69 Å². The molecular formula is C15H24N8O. The van der Waals surface area contributed by atoms with Crippen LogP contribution < -0.4 is 10.2 Å². The largest absolute Gasteiger partial charge is 0.341 e. The molecule has 0 saturated carbocycles. The summed E-state index contributed by atoms with van der Waals surface area (Å²) in [4.78, 5) is 27.8. The molecule has 0 bridgehead atoms. The van der Waals surface area contributed by atoms with E-state index < -0.39 is 0 Å². The second kappa shape index (κ2) is 9.05. The topological polar surface area (TPSA) is 110 Å². The van der Waals surface area contributed by atoms with Gasteiger partial charge in [-0.25, -0.2) is 9.97 Å². The van der Waals surface area contributed by atoms with Gasteiger partial charge in [0, 0.05) is 50.0 Å². The maximum absolute atomic E-state index is 12.7. The van der Waals surface area contributed by atoms with Crippen LogP contribution in [0.1, 0.15) is 26.7 Å². The summed E-state index contributed by atoms with van der Waals surface area (Å²) in [6.45, 7) is 7.68. The third-order valence-corrected chi connectivity index (χ3v) is 3.84. The van der Waals surface area contributed by atoms with E-state index in [4.69, 9.17) is 5.53 Å². The van der Waals surface area contributed by atoms with Crippen LogP contribution in [0.2, 0.25) is 0 Å². The molecule has 1 aromatic heterocycles. The highest BCUT2D eigenvalue weighted by Crippen LogP contribution is 2.15. The molecule has 1 aromatic rings. The molecule has 24 heavy (non-hydrogen) atoms. The molecule has 0 aliphatic carbocycles. The van der Waals surface area contributed by atoms with Gasteiger partial charge in [0.25, 0.3) is 0 Å². The zero-order chi connectivity index (χ0) is 17.4. The summed E-state index contributed by atoms with van der Waals surface area (Å²) in [5.74, 6) is 0.679. The molecule has 1 fully saturated rings. The number of piperazine rings is 1. The first-order valence-corrected chi connectivity index (χ1v) is 8.33. The number of nitrogens with zero attached hydrogens (tertiary/aromatic N) is 7. The van der Waals surface area contributed by atoms with Gasteiger partial charge < -0.3 is 15.1 Å². The Kier molecular flexibility index (Phi) is 6.77. The lowest BCUT2D eigenvalue weighted by molar-refractivity contribution is -0.133. The van der Waals surface area contributed by atoms with E-state index >= 15 is 0 Å². The summed E-state index contributed by atoms with van der Waals surface area (Å²) in [5, 5.41) is 6.76. The molecule has 0 unspecified atom stereocenters. The third-order valence-electron chi connectivity index (χ3n) is 3.84. The first-order valence-electron chi connectivity index (χ1n) is 8.33. The Hall–Kier alpha value is -2.38. The van der Waals surface area contributed by atoms with Gasteiger partial charge in [0.15, 0.2) is 0 Å². The Morgan fingerprint density at radius 1 is 1.42 bits per heavy atom. The van der Waals surface area contributed by atoms with Crippen molar-refractivity contribution >= 4 is 17.5 Å². The maximum atomic E-state index is 12.7. The van der Waals surface area contributed by atoms with Crippen molar-refractivity contribution in [1.82, 2.24) is 20.2 Å². The van der Waals surface area contributed by atoms with Crippen LogP contribution in [0.3, 0.4) is 0 Å². The van der Waals surface area contributed by atoms with Crippen molar-refractivity contribution in [3.8, 4) is 0 Å². The van der Waals surface area contributed by atoms with Gasteiger partial charge in [-0.1, -0.05) is 19.0 Å². The molecule has 9 nitrogen and oxygen atoms in total. The van der Waals surface area contributed by atoms with Crippen LogP contribution in [0.15, 0.2) is 17.5 Å². The van der Waals surface area contributed by atoms with E-state index in [1.807, 2.05) is 9.80 Å². The predicted octanol–water partition coefficient (Wildman–Crippen LogP) is 1.85. The molecule has 1 saturated heterocycles. The van der Waals surface area contributed by atoms with Gasteiger partial charge in [0.1, 0.15) is 6.04 Å². The van der Waals surface area contributed by atoms with Crippen molar-refractivity contribution in [3.05, 3.63) is 22.8 Å². The molecule has 1 aliphatic heterocycles. The number of anilines is 1. The average molecular weight is 332 g/mol. The molecular weight excluding hydrogens is 308 g/mol. The van der Waals surface area contributed by atoms with Crippen LogP contribution in [-0.4, -0.2) is 59.5 Å². The molecule has 2 heterocycles. The third kappa shape index (κ3) is 4.56. The number of nitrogens with one attached hydrogen (secondary N) is 1. The van der Waals surface area contributed by atoms with Crippen molar-refractivity contribution in [2.24, 2.45) is 5.11 Å². The molecule has 0 aromatic carbocycles.